The van der Waals surface area contributed by atoms with Gasteiger partial charge < -0.3 is 4.74 Å². The van der Waals surface area contributed by atoms with Crippen LogP contribution in [-0.4, -0.2) is 33.5 Å². The van der Waals surface area contributed by atoms with Crippen molar-refractivity contribution < 1.29 is 27.1 Å². The lowest BCUT2D eigenvalue weighted by molar-refractivity contribution is -0.153. The van der Waals surface area contributed by atoms with Gasteiger partial charge >= 0.3 is 6.18 Å². The Morgan fingerprint density at radius 1 is 1.17 bits per heavy atom. The quantitative estimate of drug-likeness (QED) is 0.456. The second kappa shape index (κ2) is 7.75. The third-order valence-electron chi connectivity index (χ3n) is 3.88. The molecule has 0 aliphatic rings. The van der Waals surface area contributed by atoms with Crippen LogP contribution >= 0.6 is 11.3 Å². The van der Waals surface area contributed by atoms with Crippen molar-refractivity contribution in [2.75, 3.05) is 11.9 Å². The third-order valence-corrected chi connectivity index (χ3v) is 4.81. The molecule has 4 rings (SSSR count). The van der Waals surface area contributed by atoms with Gasteiger partial charge in [-0.15, -0.1) is 0 Å². The summed E-state index contributed by atoms with van der Waals surface area (Å²) < 4.78 is 56.8. The maximum Gasteiger partial charge on any atom is 0.422 e. The predicted octanol–water partition coefficient (Wildman–Crippen LogP) is 4.81. The van der Waals surface area contributed by atoms with Crippen LogP contribution in [-0.2, 0) is 0 Å². The standard InChI is InChI=1S/C19H12F4N4O2S/c20-11-2-1-3-12(8-11)27-7-6-15(26-27)17(28)25-18-24-14-5-4-13(9-16(14)30-18)29-10-19(21,22)23/h1-9H,10H2,(H,24,25,28). The molecule has 0 aliphatic carbocycles. The van der Waals surface area contributed by atoms with Crippen LogP contribution in [0.3, 0.4) is 0 Å². The summed E-state index contributed by atoms with van der Waals surface area (Å²) in [7, 11) is 0. The molecule has 2 aromatic carbocycles. The molecule has 0 radical (unpaired) electrons. The van der Waals surface area contributed by atoms with E-state index in [1.54, 1.807) is 6.07 Å². The highest BCUT2D eigenvalue weighted by Crippen LogP contribution is 2.30. The average Bonchev–Trinajstić information content (AvgIpc) is 3.32. The number of carbonyl (C=O) groups is 1. The summed E-state index contributed by atoms with van der Waals surface area (Å²) in [5, 5.41) is 6.97. The van der Waals surface area contributed by atoms with E-state index in [9.17, 15) is 22.4 Å². The number of hydrogen-bond acceptors (Lipinski definition) is 5. The first-order valence-electron chi connectivity index (χ1n) is 8.50. The van der Waals surface area contributed by atoms with Gasteiger partial charge in [0.25, 0.3) is 5.91 Å². The molecule has 4 aromatic rings. The second-order valence-corrected chi connectivity index (χ2v) is 7.16. The number of thiazole rings is 1. The molecule has 0 spiro atoms. The van der Waals surface area contributed by atoms with Gasteiger partial charge in [0.1, 0.15) is 11.6 Å². The summed E-state index contributed by atoms with van der Waals surface area (Å²) >= 11 is 1.08. The highest BCUT2D eigenvalue weighted by Gasteiger charge is 2.28. The number of rotatable bonds is 5. The van der Waals surface area contributed by atoms with Crippen LogP contribution in [0.4, 0.5) is 22.7 Å². The molecular weight excluding hydrogens is 424 g/mol. The number of nitrogens with zero attached hydrogens (tertiary/aromatic N) is 3. The molecule has 0 atom stereocenters. The van der Waals surface area contributed by atoms with Crippen molar-refractivity contribution in [3.8, 4) is 11.4 Å². The average molecular weight is 436 g/mol. The lowest BCUT2D eigenvalue weighted by Crippen LogP contribution is -2.19. The zero-order valence-electron chi connectivity index (χ0n) is 15.0. The molecule has 0 unspecified atom stereocenters. The molecule has 11 heteroatoms. The molecule has 2 heterocycles. The Bertz CT molecular complexity index is 1220. The number of nitrogens with one attached hydrogen (secondary N) is 1. The van der Waals surface area contributed by atoms with Crippen LogP contribution in [0, 0.1) is 5.82 Å². The van der Waals surface area contributed by atoms with Crippen LogP contribution in [0.1, 0.15) is 10.5 Å². The molecule has 1 N–H and O–H groups in total. The van der Waals surface area contributed by atoms with E-state index >= 15 is 0 Å². The van der Waals surface area contributed by atoms with Crippen molar-refractivity contribution in [3.63, 3.8) is 0 Å². The van der Waals surface area contributed by atoms with Crippen LogP contribution in [0.25, 0.3) is 15.9 Å². The lowest BCUT2D eigenvalue weighted by atomic mass is 10.3. The first-order chi connectivity index (χ1) is 14.3. The van der Waals surface area contributed by atoms with E-state index in [0.29, 0.717) is 15.9 Å². The summed E-state index contributed by atoms with van der Waals surface area (Å²) in [6.45, 7) is -1.39. The molecule has 0 saturated carbocycles. The Morgan fingerprint density at radius 3 is 2.77 bits per heavy atom. The largest absolute Gasteiger partial charge is 0.484 e. The molecular formula is C19H12F4N4O2S. The van der Waals surface area contributed by atoms with Gasteiger partial charge in [0.2, 0.25) is 0 Å². The van der Waals surface area contributed by atoms with Crippen LogP contribution in [0.15, 0.2) is 54.7 Å². The number of hydrogen-bond donors (Lipinski definition) is 1. The molecule has 0 aliphatic heterocycles. The Balaban J connectivity index is 1.48. The van der Waals surface area contributed by atoms with Gasteiger partial charge in [-0.25, -0.2) is 14.1 Å². The number of benzene rings is 2. The predicted molar refractivity (Wildman–Crippen MR) is 103 cm³/mol. The number of anilines is 1. The van der Waals surface area contributed by atoms with Crippen LogP contribution < -0.4 is 10.1 Å². The van der Waals surface area contributed by atoms with Crippen molar-refractivity contribution in [2.45, 2.75) is 6.18 Å². The fraction of sp³-hybridized carbons (Fsp3) is 0.105. The van der Waals surface area contributed by atoms with E-state index in [-0.39, 0.29) is 16.6 Å². The molecule has 2 aromatic heterocycles. The van der Waals surface area contributed by atoms with E-state index in [1.165, 1.54) is 53.3 Å². The van der Waals surface area contributed by atoms with Gasteiger partial charge in [-0.2, -0.15) is 18.3 Å². The third kappa shape index (κ3) is 4.57. The number of halogens is 4. The number of fused-ring (bicyclic) bond motifs is 1. The van der Waals surface area contributed by atoms with E-state index in [1.807, 2.05) is 0 Å². The zero-order chi connectivity index (χ0) is 21.3. The van der Waals surface area contributed by atoms with E-state index in [2.05, 4.69) is 15.4 Å². The Hall–Kier alpha value is -3.47. The molecule has 154 valence electrons. The Kier molecular flexibility index (Phi) is 5.12. The van der Waals surface area contributed by atoms with Crippen molar-refractivity contribution >= 4 is 32.6 Å². The fourth-order valence-corrected chi connectivity index (χ4v) is 3.47. The molecule has 1 amide bonds. The first kappa shape index (κ1) is 19.8. The first-order valence-corrected chi connectivity index (χ1v) is 9.32. The van der Waals surface area contributed by atoms with E-state index in [0.717, 1.165) is 11.3 Å². The zero-order valence-corrected chi connectivity index (χ0v) is 15.8. The normalized spacial score (nSPS) is 11.6. The van der Waals surface area contributed by atoms with Gasteiger partial charge in [-0.05, 0) is 42.5 Å². The minimum absolute atomic E-state index is 0.0511. The number of carbonyl (C=O) groups excluding carboxylic acids is 1. The van der Waals surface area contributed by atoms with Gasteiger partial charge in [0.05, 0.1) is 15.9 Å². The molecule has 30 heavy (non-hydrogen) atoms. The van der Waals surface area contributed by atoms with Gasteiger partial charge in [0, 0.05) is 6.20 Å². The maximum absolute atomic E-state index is 13.4. The summed E-state index contributed by atoms with van der Waals surface area (Å²) in [4.78, 5) is 16.7. The number of alkyl halides is 3. The summed E-state index contributed by atoms with van der Waals surface area (Å²) in [6, 6.07) is 11.5. The van der Waals surface area contributed by atoms with Gasteiger partial charge in [-0.1, -0.05) is 17.4 Å². The van der Waals surface area contributed by atoms with Crippen molar-refractivity contribution in [1.82, 2.24) is 14.8 Å². The topological polar surface area (TPSA) is 69.0 Å². The minimum atomic E-state index is -4.43. The maximum atomic E-state index is 13.4. The van der Waals surface area contributed by atoms with E-state index < -0.39 is 24.5 Å². The molecule has 0 saturated heterocycles. The van der Waals surface area contributed by atoms with Gasteiger partial charge in [-0.3, -0.25) is 10.1 Å². The van der Waals surface area contributed by atoms with Crippen LogP contribution in [0.5, 0.6) is 5.75 Å². The smallest absolute Gasteiger partial charge is 0.422 e. The second-order valence-electron chi connectivity index (χ2n) is 6.13. The summed E-state index contributed by atoms with van der Waals surface area (Å²) in [6.07, 6.45) is -2.91. The number of amides is 1. The van der Waals surface area contributed by atoms with Crippen molar-refractivity contribution in [2.24, 2.45) is 0 Å². The Labute approximate surface area is 170 Å². The lowest BCUT2D eigenvalue weighted by Gasteiger charge is -2.08. The van der Waals surface area contributed by atoms with E-state index in [4.69, 9.17) is 4.74 Å². The number of ether oxygens (including phenoxy) is 1. The molecule has 6 nitrogen and oxygen atoms in total. The molecule has 0 fully saturated rings. The van der Waals surface area contributed by atoms with Crippen molar-refractivity contribution in [1.29, 1.82) is 0 Å². The number of aromatic nitrogens is 3. The SMILES string of the molecule is O=C(Nc1nc2ccc(OCC(F)(F)F)cc2s1)c1ccn(-c2cccc(F)c2)n1. The van der Waals surface area contributed by atoms with Gasteiger partial charge in [0.15, 0.2) is 17.4 Å². The minimum Gasteiger partial charge on any atom is -0.484 e. The highest BCUT2D eigenvalue weighted by molar-refractivity contribution is 7.22. The summed E-state index contributed by atoms with van der Waals surface area (Å²) in [5.41, 5.74) is 1.05. The van der Waals surface area contributed by atoms with Crippen LogP contribution in [0.2, 0.25) is 0 Å². The fourth-order valence-electron chi connectivity index (χ4n) is 2.58. The Morgan fingerprint density at radius 2 is 2.00 bits per heavy atom. The monoisotopic (exact) mass is 436 g/mol. The summed E-state index contributed by atoms with van der Waals surface area (Å²) in [5.74, 6) is -0.907. The van der Waals surface area contributed by atoms with Crippen molar-refractivity contribution in [3.05, 3.63) is 66.2 Å². The highest BCUT2D eigenvalue weighted by atomic mass is 32.1. The molecule has 0 bridgehead atoms.